The van der Waals surface area contributed by atoms with Gasteiger partial charge in [0.2, 0.25) is 5.91 Å². The Hall–Kier alpha value is 0.285. The first-order valence-corrected chi connectivity index (χ1v) is 10.3. The summed E-state index contributed by atoms with van der Waals surface area (Å²) in [7, 11) is 0. The van der Waals surface area contributed by atoms with Crippen molar-refractivity contribution >= 4 is 73.7 Å². The van der Waals surface area contributed by atoms with E-state index in [-0.39, 0.29) is 15.0 Å². The zero-order chi connectivity index (χ0) is 16.5. The molecule has 1 heterocycles. The number of anilines is 1. The van der Waals surface area contributed by atoms with Gasteiger partial charge in [0.05, 0.1) is 6.61 Å². The third kappa shape index (κ3) is 7.71. The maximum Gasteiger partial charge on any atom is 0.369 e. The fraction of sp³-hybridized carbons (Fsp3) is 0.500. The van der Waals surface area contributed by atoms with E-state index in [1.165, 1.54) is 5.56 Å². The fourth-order valence-corrected chi connectivity index (χ4v) is 2.33. The Morgan fingerprint density at radius 3 is 2.68 bits per heavy atom. The number of nitrogens with one attached hydrogen (secondary N) is 1. The summed E-state index contributed by atoms with van der Waals surface area (Å²) in [6.07, 6.45) is 2.46. The van der Waals surface area contributed by atoms with Gasteiger partial charge in [-0.15, -0.1) is 58.9 Å². The van der Waals surface area contributed by atoms with E-state index < -0.39 is 0 Å². The topological polar surface area (TPSA) is 38.3 Å². The van der Waals surface area contributed by atoms with Crippen molar-refractivity contribution in [2.24, 2.45) is 0 Å². The molecule has 8 heteroatoms. The SMILES string of the molecule is BrB(Br)Br.CC1CC(=O)Nc2cc(OCCCCCl)ccc21. The van der Waals surface area contributed by atoms with Crippen molar-refractivity contribution in [3.8, 4) is 5.75 Å². The van der Waals surface area contributed by atoms with Gasteiger partial charge in [-0.1, -0.05) is 13.0 Å². The van der Waals surface area contributed by atoms with Gasteiger partial charge in [0, 0.05) is 24.1 Å². The van der Waals surface area contributed by atoms with Gasteiger partial charge in [-0.05, 0) is 30.4 Å². The van der Waals surface area contributed by atoms with Crippen molar-refractivity contribution in [3.05, 3.63) is 23.8 Å². The van der Waals surface area contributed by atoms with Crippen molar-refractivity contribution in [2.75, 3.05) is 17.8 Å². The molecule has 1 aromatic carbocycles. The molecule has 0 saturated heterocycles. The molecule has 0 aromatic heterocycles. The molecule has 0 spiro atoms. The van der Waals surface area contributed by atoms with Gasteiger partial charge in [0.25, 0.3) is 0 Å². The summed E-state index contributed by atoms with van der Waals surface area (Å²) in [5.41, 5.74) is 2.07. The molecule has 1 amide bonds. The Morgan fingerprint density at radius 1 is 1.36 bits per heavy atom. The quantitative estimate of drug-likeness (QED) is 0.309. The minimum Gasteiger partial charge on any atom is -0.494 e. The van der Waals surface area contributed by atoms with Crippen molar-refractivity contribution in [3.63, 3.8) is 0 Å². The van der Waals surface area contributed by atoms with Crippen molar-refractivity contribution in [1.29, 1.82) is 0 Å². The summed E-state index contributed by atoms with van der Waals surface area (Å²) in [5.74, 6) is 1.83. The highest BCUT2D eigenvalue weighted by Crippen LogP contribution is 2.34. The molecule has 0 aliphatic carbocycles. The van der Waals surface area contributed by atoms with Crippen molar-refractivity contribution in [1.82, 2.24) is 0 Å². The average molecular weight is 518 g/mol. The summed E-state index contributed by atoms with van der Waals surface area (Å²) in [5, 5.41) is 2.89. The van der Waals surface area contributed by atoms with Crippen molar-refractivity contribution < 1.29 is 9.53 Å². The number of hydrogen-bond acceptors (Lipinski definition) is 2. The van der Waals surface area contributed by atoms with Crippen LogP contribution < -0.4 is 10.1 Å². The lowest BCUT2D eigenvalue weighted by Gasteiger charge is -2.23. The van der Waals surface area contributed by atoms with Crippen LogP contribution in [-0.2, 0) is 4.79 Å². The Labute approximate surface area is 161 Å². The molecule has 0 radical (unpaired) electrons. The summed E-state index contributed by atoms with van der Waals surface area (Å²) < 4.78 is 5.91. The zero-order valence-corrected chi connectivity index (χ0v) is 17.8. The number of carbonyl (C=O) groups is 1. The van der Waals surface area contributed by atoms with Crippen LogP contribution in [-0.4, -0.2) is 21.6 Å². The van der Waals surface area contributed by atoms with E-state index in [1.807, 2.05) is 18.2 Å². The van der Waals surface area contributed by atoms with Gasteiger partial charge in [-0.2, -0.15) is 0 Å². The number of unbranched alkanes of at least 4 members (excludes halogenated alkanes) is 1. The highest BCUT2D eigenvalue weighted by atomic mass is 79.9. The molecule has 122 valence electrons. The van der Waals surface area contributed by atoms with Crippen LogP contribution in [0.2, 0.25) is 0 Å². The van der Waals surface area contributed by atoms with Gasteiger partial charge in [0.1, 0.15) is 5.75 Å². The summed E-state index contributed by atoms with van der Waals surface area (Å²) in [6, 6.07) is 5.91. The molecule has 1 N–H and O–H groups in total. The number of ether oxygens (including phenoxy) is 1. The van der Waals surface area contributed by atoms with Crippen LogP contribution in [0.5, 0.6) is 5.75 Å². The average Bonchev–Trinajstić information content (AvgIpc) is 2.42. The third-order valence-electron chi connectivity index (χ3n) is 3.12. The summed E-state index contributed by atoms with van der Waals surface area (Å²) in [6.45, 7) is 2.73. The first-order chi connectivity index (χ1) is 10.4. The second-order valence-electron chi connectivity index (χ2n) is 4.89. The van der Waals surface area contributed by atoms with Crippen LogP contribution in [0.15, 0.2) is 18.2 Å². The van der Waals surface area contributed by atoms with Gasteiger partial charge >= 0.3 is 3.18 Å². The number of amides is 1. The number of halogens is 4. The van der Waals surface area contributed by atoms with E-state index >= 15 is 0 Å². The van der Waals surface area contributed by atoms with Gasteiger partial charge in [-0.3, -0.25) is 4.79 Å². The maximum atomic E-state index is 11.5. The van der Waals surface area contributed by atoms with Gasteiger partial charge in [0.15, 0.2) is 0 Å². The number of hydrogen-bond donors (Lipinski definition) is 1. The van der Waals surface area contributed by atoms with E-state index in [2.05, 4.69) is 59.5 Å². The van der Waals surface area contributed by atoms with Crippen molar-refractivity contribution in [2.45, 2.75) is 32.1 Å². The van der Waals surface area contributed by atoms with E-state index in [4.69, 9.17) is 16.3 Å². The Kier molecular flexibility index (Phi) is 10.1. The van der Waals surface area contributed by atoms with Gasteiger partial charge in [-0.25, -0.2) is 0 Å². The molecule has 2 rings (SSSR count). The minimum atomic E-state index is 0.0780. The predicted molar refractivity (Wildman–Crippen MR) is 106 cm³/mol. The van der Waals surface area contributed by atoms with E-state index in [9.17, 15) is 4.79 Å². The lowest BCUT2D eigenvalue weighted by atomic mass is 9.92. The van der Waals surface area contributed by atoms with Crippen LogP contribution in [0.3, 0.4) is 0 Å². The molecule has 0 saturated carbocycles. The first kappa shape index (κ1) is 20.3. The lowest BCUT2D eigenvalue weighted by molar-refractivity contribution is -0.116. The maximum absolute atomic E-state index is 11.5. The molecule has 1 atom stereocenters. The van der Waals surface area contributed by atoms with E-state index in [0.29, 0.717) is 18.9 Å². The Bertz CT molecular complexity index is 488. The largest absolute Gasteiger partial charge is 0.494 e. The van der Waals surface area contributed by atoms with Crippen LogP contribution in [0.1, 0.15) is 37.7 Å². The normalized spacial score (nSPS) is 16.0. The van der Waals surface area contributed by atoms with E-state index in [0.717, 1.165) is 24.3 Å². The monoisotopic (exact) mass is 515 g/mol. The fourth-order valence-electron chi connectivity index (χ4n) is 2.14. The zero-order valence-electron chi connectivity index (χ0n) is 12.3. The second-order valence-corrected chi connectivity index (χ2v) is 11.7. The van der Waals surface area contributed by atoms with Crippen LogP contribution in [0.25, 0.3) is 0 Å². The van der Waals surface area contributed by atoms with Gasteiger partial charge < -0.3 is 10.1 Å². The Morgan fingerprint density at radius 2 is 2.05 bits per heavy atom. The highest BCUT2D eigenvalue weighted by molar-refractivity contribution is 9.69. The number of rotatable bonds is 5. The molecule has 1 aliphatic heterocycles. The molecule has 3 nitrogen and oxygen atoms in total. The van der Waals surface area contributed by atoms with Crippen LogP contribution in [0, 0.1) is 0 Å². The minimum absolute atomic E-state index is 0.0780. The van der Waals surface area contributed by atoms with E-state index in [1.54, 1.807) is 0 Å². The lowest BCUT2D eigenvalue weighted by Crippen LogP contribution is -2.21. The summed E-state index contributed by atoms with van der Waals surface area (Å²) >= 11 is 14.9. The molecule has 1 aromatic rings. The highest BCUT2D eigenvalue weighted by Gasteiger charge is 2.21. The first-order valence-electron chi connectivity index (χ1n) is 6.98. The molecule has 1 unspecified atom stereocenters. The molecule has 0 bridgehead atoms. The molecule has 0 fully saturated rings. The molecular weight excluding hydrogens is 500 g/mol. The smallest absolute Gasteiger partial charge is 0.369 e. The predicted octanol–water partition coefficient (Wildman–Crippen LogP) is 5.69. The summed E-state index contributed by atoms with van der Waals surface area (Å²) in [4.78, 5) is 11.5. The van der Waals surface area contributed by atoms with Crippen LogP contribution in [0.4, 0.5) is 5.69 Å². The molecule has 22 heavy (non-hydrogen) atoms. The standard InChI is InChI=1S/C14H18ClNO2.BBr3/c1-10-8-14(17)16-13-9-11(4-5-12(10)13)18-7-3-2-6-15;2-1(3)4/h4-5,9-10H,2-3,6-8H2,1H3,(H,16,17);. The van der Waals surface area contributed by atoms with Crippen LogP contribution >= 0.6 is 58.9 Å². The Balaban J connectivity index is 0.000000541. The number of carbonyl (C=O) groups excluding carboxylic acids is 1. The third-order valence-corrected chi connectivity index (χ3v) is 3.39. The number of benzene rings is 1. The molecular formula is C14H18BBr3ClNO2. The number of fused-ring (bicyclic) bond motifs is 1. The molecule has 1 aliphatic rings. The number of alkyl halides is 1. The second kappa shape index (κ2) is 10.9.